The van der Waals surface area contributed by atoms with Gasteiger partial charge in [-0.3, -0.25) is 9.88 Å². The summed E-state index contributed by atoms with van der Waals surface area (Å²) >= 11 is 0. The first kappa shape index (κ1) is 14.3. The third-order valence-corrected chi connectivity index (χ3v) is 3.18. The van der Waals surface area contributed by atoms with E-state index in [0.717, 1.165) is 25.2 Å². The zero-order valence-corrected chi connectivity index (χ0v) is 11.8. The van der Waals surface area contributed by atoms with Crippen LogP contribution in [0.15, 0.2) is 55.4 Å². The number of hydrogen-bond donors (Lipinski definition) is 1. The molecule has 0 atom stereocenters. The van der Waals surface area contributed by atoms with Gasteiger partial charge in [-0.15, -0.1) is 6.58 Å². The lowest BCUT2D eigenvalue weighted by molar-refractivity contribution is 0.285. The highest BCUT2D eigenvalue weighted by molar-refractivity contribution is 5.34. The number of benzene rings is 1. The number of hydrogen-bond acceptors (Lipinski definition) is 3. The summed E-state index contributed by atoms with van der Waals surface area (Å²) in [7, 11) is 0. The van der Waals surface area contributed by atoms with Crippen molar-refractivity contribution in [1.82, 2.24) is 9.88 Å². The van der Waals surface area contributed by atoms with Crippen molar-refractivity contribution in [3.63, 3.8) is 0 Å². The van der Waals surface area contributed by atoms with Crippen molar-refractivity contribution in [2.45, 2.75) is 20.0 Å². The summed E-state index contributed by atoms with van der Waals surface area (Å²) in [5.41, 5.74) is 3.28. The van der Waals surface area contributed by atoms with Crippen LogP contribution < -0.4 is 0 Å². The SMILES string of the molecule is C=CCN(Cc1cccnc1)Cc1ccc(O)c(C)c1. The number of phenolic OH excluding ortho intramolecular Hbond substituents is 1. The Hall–Kier alpha value is -2.13. The van der Waals surface area contributed by atoms with E-state index in [0.29, 0.717) is 5.75 Å². The molecule has 0 aliphatic carbocycles. The molecule has 104 valence electrons. The summed E-state index contributed by atoms with van der Waals surface area (Å²) in [5, 5.41) is 9.58. The molecule has 1 heterocycles. The van der Waals surface area contributed by atoms with Crippen LogP contribution in [-0.2, 0) is 13.1 Å². The number of rotatable bonds is 6. The van der Waals surface area contributed by atoms with Crippen molar-refractivity contribution in [1.29, 1.82) is 0 Å². The highest BCUT2D eigenvalue weighted by Gasteiger charge is 2.07. The fourth-order valence-corrected chi connectivity index (χ4v) is 2.19. The Morgan fingerprint density at radius 1 is 1.25 bits per heavy atom. The van der Waals surface area contributed by atoms with Crippen LogP contribution in [0.4, 0.5) is 0 Å². The number of nitrogens with zero attached hydrogens (tertiary/aromatic N) is 2. The molecule has 0 unspecified atom stereocenters. The van der Waals surface area contributed by atoms with Gasteiger partial charge in [-0.2, -0.15) is 0 Å². The topological polar surface area (TPSA) is 36.4 Å². The highest BCUT2D eigenvalue weighted by Crippen LogP contribution is 2.18. The molecule has 1 N–H and O–H groups in total. The highest BCUT2D eigenvalue weighted by atomic mass is 16.3. The molecule has 0 bridgehead atoms. The van der Waals surface area contributed by atoms with E-state index in [2.05, 4.69) is 22.5 Å². The lowest BCUT2D eigenvalue weighted by atomic mass is 10.1. The molecule has 0 fully saturated rings. The number of aromatic nitrogens is 1. The predicted octanol–water partition coefficient (Wildman–Crippen LogP) is 3.28. The standard InChI is InChI=1S/C17H20N2O/c1-3-9-19(13-16-5-4-8-18-11-16)12-15-6-7-17(20)14(2)10-15/h3-8,10-11,20H,1,9,12-13H2,2H3. The maximum atomic E-state index is 9.58. The van der Waals surface area contributed by atoms with E-state index < -0.39 is 0 Å². The minimum absolute atomic E-state index is 0.344. The van der Waals surface area contributed by atoms with Gasteiger partial charge in [0, 0.05) is 32.0 Å². The van der Waals surface area contributed by atoms with Gasteiger partial charge in [0.2, 0.25) is 0 Å². The molecule has 0 radical (unpaired) electrons. The van der Waals surface area contributed by atoms with Gasteiger partial charge in [0.15, 0.2) is 0 Å². The average molecular weight is 268 g/mol. The normalized spacial score (nSPS) is 10.7. The molecule has 3 heteroatoms. The summed E-state index contributed by atoms with van der Waals surface area (Å²) in [6.07, 6.45) is 5.58. The molecule has 1 aromatic heterocycles. The van der Waals surface area contributed by atoms with Crippen LogP contribution in [0.1, 0.15) is 16.7 Å². The minimum Gasteiger partial charge on any atom is -0.508 e. The van der Waals surface area contributed by atoms with E-state index in [9.17, 15) is 5.11 Å². The summed E-state index contributed by atoms with van der Waals surface area (Å²) in [6.45, 7) is 8.20. The first-order chi connectivity index (χ1) is 9.69. The molecule has 3 nitrogen and oxygen atoms in total. The third kappa shape index (κ3) is 3.93. The van der Waals surface area contributed by atoms with Crippen LogP contribution in [0.3, 0.4) is 0 Å². The third-order valence-electron chi connectivity index (χ3n) is 3.18. The summed E-state index contributed by atoms with van der Waals surface area (Å²) < 4.78 is 0. The van der Waals surface area contributed by atoms with Gasteiger partial charge in [0.1, 0.15) is 5.75 Å². The first-order valence-electron chi connectivity index (χ1n) is 6.69. The molecule has 2 rings (SSSR count). The Morgan fingerprint density at radius 2 is 2.05 bits per heavy atom. The van der Waals surface area contributed by atoms with Crippen molar-refractivity contribution in [3.05, 3.63) is 72.1 Å². The van der Waals surface area contributed by atoms with Crippen molar-refractivity contribution >= 4 is 0 Å². The van der Waals surface area contributed by atoms with Gasteiger partial charge in [-0.05, 0) is 35.7 Å². The summed E-state index contributed by atoms with van der Waals surface area (Å²) in [6, 6.07) is 9.76. The van der Waals surface area contributed by atoms with E-state index in [4.69, 9.17) is 0 Å². The average Bonchev–Trinajstić information content (AvgIpc) is 2.44. The van der Waals surface area contributed by atoms with Crippen LogP contribution >= 0.6 is 0 Å². The van der Waals surface area contributed by atoms with E-state index in [1.165, 1.54) is 11.1 Å². The predicted molar refractivity (Wildman–Crippen MR) is 81.4 cm³/mol. The maximum Gasteiger partial charge on any atom is 0.118 e. The lowest BCUT2D eigenvalue weighted by Crippen LogP contribution is -2.22. The molecule has 2 aromatic rings. The van der Waals surface area contributed by atoms with Gasteiger partial charge in [0.25, 0.3) is 0 Å². The number of pyridine rings is 1. The Balaban J connectivity index is 2.08. The lowest BCUT2D eigenvalue weighted by Gasteiger charge is -2.21. The van der Waals surface area contributed by atoms with E-state index in [1.807, 2.05) is 37.4 Å². The Bertz CT molecular complexity index is 566. The van der Waals surface area contributed by atoms with Crippen LogP contribution in [0.5, 0.6) is 5.75 Å². The minimum atomic E-state index is 0.344. The molecule has 20 heavy (non-hydrogen) atoms. The Kier molecular flexibility index (Phi) is 4.91. The van der Waals surface area contributed by atoms with Crippen LogP contribution in [-0.4, -0.2) is 21.5 Å². The molecule has 0 saturated heterocycles. The molecule has 0 aliphatic heterocycles. The molecule has 1 aromatic carbocycles. The first-order valence-corrected chi connectivity index (χ1v) is 6.69. The molecule has 0 spiro atoms. The quantitative estimate of drug-likeness (QED) is 0.817. The summed E-state index contributed by atoms with van der Waals surface area (Å²) in [5.74, 6) is 0.344. The monoisotopic (exact) mass is 268 g/mol. The molecular formula is C17H20N2O. The van der Waals surface area contributed by atoms with E-state index >= 15 is 0 Å². The second kappa shape index (κ2) is 6.87. The molecular weight excluding hydrogens is 248 g/mol. The number of aromatic hydroxyl groups is 1. The number of aryl methyl sites for hydroxylation is 1. The van der Waals surface area contributed by atoms with Crippen LogP contribution in [0, 0.1) is 6.92 Å². The largest absolute Gasteiger partial charge is 0.508 e. The fraction of sp³-hybridized carbons (Fsp3) is 0.235. The van der Waals surface area contributed by atoms with Crippen LogP contribution in [0.25, 0.3) is 0 Å². The number of phenols is 1. The molecule has 0 saturated carbocycles. The summed E-state index contributed by atoms with van der Waals surface area (Å²) in [4.78, 5) is 6.43. The van der Waals surface area contributed by atoms with Crippen molar-refractivity contribution in [3.8, 4) is 5.75 Å². The van der Waals surface area contributed by atoms with Gasteiger partial charge < -0.3 is 5.11 Å². The van der Waals surface area contributed by atoms with Crippen molar-refractivity contribution in [2.75, 3.05) is 6.54 Å². The maximum absolute atomic E-state index is 9.58. The van der Waals surface area contributed by atoms with Gasteiger partial charge in [-0.1, -0.05) is 24.3 Å². The second-order valence-corrected chi connectivity index (χ2v) is 4.94. The molecule has 0 aliphatic rings. The van der Waals surface area contributed by atoms with Gasteiger partial charge in [0.05, 0.1) is 0 Å². The molecule has 0 amide bonds. The van der Waals surface area contributed by atoms with E-state index in [1.54, 1.807) is 12.3 Å². The smallest absolute Gasteiger partial charge is 0.118 e. The van der Waals surface area contributed by atoms with Gasteiger partial charge >= 0.3 is 0 Å². The second-order valence-electron chi connectivity index (χ2n) is 4.94. The zero-order chi connectivity index (χ0) is 14.4. The van der Waals surface area contributed by atoms with E-state index in [-0.39, 0.29) is 0 Å². The van der Waals surface area contributed by atoms with Crippen molar-refractivity contribution < 1.29 is 5.11 Å². The Morgan fingerprint density at radius 3 is 2.70 bits per heavy atom. The fourth-order valence-electron chi connectivity index (χ4n) is 2.19. The zero-order valence-electron chi connectivity index (χ0n) is 11.8. The Labute approximate surface area is 120 Å². The van der Waals surface area contributed by atoms with Gasteiger partial charge in [-0.25, -0.2) is 0 Å². The van der Waals surface area contributed by atoms with Crippen molar-refractivity contribution in [2.24, 2.45) is 0 Å². The van der Waals surface area contributed by atoms with Crippen LogP contribution in [0.2, 0.25) is 0 Å².